The summed E-state index contributed by atoms with van der Waals surface area (Å²) in [6.45, 7) is 13.3. The number of nitrogens with one attached hydrogen (secondary N) is 1. The fourth-order valence-electron chi connectivity index (χ4n) is 2.43. The highest BCUT2D eigenvalue weighted by Gasteiger charge is 2.19. The van der Waals surface area contributed by atoms with Crippen LogP contribution in [0.1, 0.15) is 38.8 Å². The van der Waals surface area contributed by atoms with E-state index in [1.807, 2.05) is 0 Å². The zero-order valence-corrected chi connectivity index (χ0v) is 13.4. The lowest BCUT2D eigenvalue weighted by molar-refractivity contribution is 0.177. The van der Waals surface area contributed by atoms with Crippen molar-refractivity contribution in [1.29, 1.82) is 0 Å². The molecule has 1 aromatic rings. The minimum absolute atomic E-state index is 0.549. The molecule has 0 radical (unpaired) electrons. The predicted octanol–water partition coefficient (Wildman–Crippen LogP) is 3.45. The van der Waals surface area contributed by atoms with Gasteiger partial charge in [0.15, 0.2) is 0 Å². The minimum Gasteiger partial charge on any atom is -0.313 e. The lowest BCUT2D eigenvalue weighted by Gasteiger charge is -2.32. The van der Waals surface area contributed by atoms with E-state index in [0.29, 0.717) is 18.0 Å². The molecule has 2 heteroatoms. The van der Waals surface area contributed by atoms with Crippen molar-refractivity contribution in [2.75, 3.05) is 13.6 Å². The van der Waals surface area contributed by atoms with E-state index in [-0.39, 0.29) is 0 Å². The first kappa shape index (κ1) is 16.2. The van der Waals surface area contributed by atoms with Crippen molar-refractivity contribution in [2.45, 2.75) is 53.2 Å². The molecule has 0 aromatic heterocycles. The van der Waals surface area contributed by atoms with E-state index in [1.54, 1.807) is 0 Å². The Balaban J connectivity index is 2.66. The van der Waals surface area contributed by atoms with Gasteiger partial charge < -0.3 is 5.32 Å². The van der Waals surface area contributed by atoms with E-state index in [9.17, 15) is 0 Å². The number of aryl methyl sites for hydroxylation is 1. The molecular formula is C17H30N2. The minimum atomic E-state index is 0.549. The van der Waals surface area contributed by atoms with Crippen LogP contribution in [-0.4, -0.2) is 30.6 Å². The third-order valence-electron chi connectivity index (χ3n) is 3.75. The Morgan fingerprint density at radius 1 is 1.11 bits per heavy atom. The molecule has 0 saturated heterocycles. The standard InChI is InChI=1S/C17H30N2/c1-13(2)17(11-18-14(3)4)19(6)12-16-10-8-7-9-15(16)5/h7-10,13-14,17-18H,11-12H2,1-6H3. The first-order valence-corrected chi connectivity index (χ1v) is 7.40. The van der Waals surface area contributed by atoms with Crippen molar-refractivity contribution in [3.05, 3.63) is 35.4 Å². The molecule has 1 atom stereocenters. The van der Waals surface area contributed by atoms with Crippen LogP contribution in [0.15, 0.2) is 24.3 Å². The van der Waals surface area contributed by atoms with Gasteiger partial charge in [-0.2, -0.15) is 0 Å². The lowest BCUT2D eigenvalue weighted by Crippen LogP contribution is -2.44. The maximum absolute atomic E-state index is 3.57. The second-order valence-electron chi connectivity index (χ2n) is 6.22. The van der Waals surface area contributed by atoms with Crippen molar-refractivity contribution in [3.8, 4) is 0 Å². The van der Waals surface area contributed by atoms with Crippen LogP contribution in [0.4, 0.5) is 0 Å². The fraction of sp³-hybridized carbons (Fsp3) is 0.647. The summed E-state index contributed by atoms with van der Waals surface area (Å²) in [5.41, 5.74) is 2.81. The molecule has 0 aliphatic carbocycles. The van der Waals surface area contributed by atoms with Gasteiger partial charge in [-0.15, -0.1) is 0 Å². The Morgan fingerprint density at radius 3 is 2.26 bits per heavy atom. The van der Waals surface area contributed by atoms with E-state index in [4.69, 9.17) is 0 Å². The number of hydrogen-bond acceptors (Lipinski definition) is 2. The molecule has 0 spiro atoms. The number of likely N-dealkylation sites (N-methyl/N-ethyl adjacent to an activating group) is 1. The second kappa shape index (κ2) is 7.66. The van der Waals surface area contributed by atoms with Gasteiger partial charge >= 0.3 is 0 Å². The second-order valence-corrected chi connectivity index (χ2v) is 6.22. The normalized spacial score (nSPS) is 13.5. The van der Waals surface area contributed by atoms with E-state index < -0.39 is 0 Å². The van der Waals surface area contributed by atoms with Gasteiger partial charge in [-0.25, -0.2) is 0 Å². The highest BCUT2D eigenvalue weighted by molar-refractivity contribution is 5.25. The molecule has 2 nitrogen and oxygen atoms in total. The van der Waals surface area contributed by atoms with E-state index in [0.717, 1.165) is 13.1 Å². The zero-order valence-electron chi connectivity index (χ0n) is 13.4. The Labute approximate surface area is 119 Å². The maximum atomic E-state index is 3.57. The monoisotopic (exact) mass is 262 g/mol. The van der Waals surface area contributed by atoms with Gasteiger partial charge in [0.2, 0.25) is 0 Å². The quantitative estimate of drug-likeness (QED) is 0.809. The molecular weight excluding hydrogens is 232 g/mol. The molecule has 0 heterocycles. The Kier molecular flexibility index (Phi) is 6.53. The van der Waals surface area contributed by atoms with Gasteiger partial charge in [0, 0.05) is 25.2 Å². The Morgan fingerprint density at radius 2 is 1.74 bits per heavy atom. The summed E-state index contributed by atoms with van der Waals surface area (Å²) in [6, 6.07) is 9.79. The molecule has 1 rings (SSSR count). The largest absolute Gasteiger partial charge is 0.313 e. The molecule has 0 bridgehead atoms. The van der Waals surface area contributed by atoms with Crippen LogP contribution >= 0.6 is 0 Å². The summed E-state index contributed by atoms with van der Waals surface area (Å²) in [5, 5.41) is 3.57. The first-order chi connectivity index (χ1) is 8.91. The van der Waals surface area contributed by atoms with Crippen LogP contribution in [0.25, 0.3) is 0 Å². The highest BCUT2D eigenvalue weighted by Crippen LogP contribution is 2.15. The van der Waals surface area contributed by atoms with Crippen molar-refractivity contribution < 1.29 is 0 Å². The Hall–Kier alpha value is -0.860. The van der Waals surface area contributed by atoms with Gasteiger partial charge in [0.25, 0.3) is 0 Å². The van der Waals surface area contributed by atoms with Crippen LogP contribution < -0.4 is 5.32 Å². The summed E-state index contributed by atoms with van der Waals surface area (Å²) >= 11 is 0. The summed E-state index contributed by atoms with van der Waals surface area (Å²) in [5.74, 6) is 0.653. The van der Waals surface area contributed by atoms with Gasteiger partial charge in [-0.1, -0.05) is 52.0 Å². The predicted molar refractivity (Wildman–Crippen MR) is 84.4 cm³/mol. The maximum Gasteiger partial charge on any atom is 0.0244 e. The van der Waals surface area contributed by atoms with Crippen LogP contribution in [-0.2, 0) is 6.54 Å². The van der Waals surface area contributed by atoms with E-state index >= 15 is 0 Å². The fourth-order valence-corrected chi connectivity index (χ4v) is 2.43. The molecule has 1 unspecified atom stereocenters. The molecule has 108 valence electrons. The number of hydrogen-bond donors (Lipinski definition) is 1. The lowest BCUT2D eigenvalue weighted by atomic mass is 10.0. The molecule has 1 aromatic carbocycles. The average Bonchev–Trinajstić information content (AvgIpc) is 2.31. The van der Waals surface area contributed by atoms with Crippen molar-refractivity contribution in [3.63, 3.8) is 0 Å². The summed E-state index contributed by atoms with van der Waals surface area (Å²) < 4.78 is 0. The van der Waals surface area contributed by atoms with Crippen molar-refractivity contribution in [1.82, 2.24) is 10.2 Å². The van der Waals surface area contributed by atoms with Gasteiger partial charge in [0.05, 0.1) is 0 Å². The van der Waals surface area contributed by atoms with E-state index in [2.05, 4.69) is 76.1 Å². The highest BCUT2D eigenvalue weighted by atomic mass is 15.2. The van der Waals surface area contributed by atoms with Crippen LogP contribution in [0.3, 0.4) is 0 Å². The van der Waals surface area contributed by atoms with Crippen LogP contribution in [0, 0.1) is 12.8 Å². The molecule has 1 N–H and O–H groups in total. The number of rotatable bonds is 7. The SMILES string of the molecule is Cc1ccccc1CN(C)C(CNC(C)C)C(C)C. The van der Waals surface area contributed by atoms with Crippen LogP contribution in [0.5, 0.6) is 0 Å². The van der Waals surface area contributed by atoms with Crippen molar-refractivity contribution >= 4 is 0 Å². The molecule has 0 amide bonds. The molecule has 0 aliphatic heterocycles. The first-order valence-electron chi connectivity index (χ1n) is 7.40. The molecule has 0 aliphatic rings. The summed E-state index contributed by atoms with van der Waals surface area (Å²) in [4.78, 5) is 2.47. The molecule has 19 heavy (non-hydrogen) atoms. The van der Waals surface area contributed by atoms with E-state index in [1.165, 1.54) is 11.1 Å². The third kappa shape index (κ3) is 5.33. The van der Waals surface area contributed by atoms with Gasteiger partial charge in [-0.05, 0) is 31.0 Å². The summed E-state index contributed by atoms with van der Waals surface area (Å²) in [6.07, 6.45) is 0. The summed E-state index contributed by atoms with van der Waals surface area (Å²) in [7, 11) is 2.24. The molecule has 0 saturated carbocycles. The van der Waals surface area contributed by atoms with Crippen molar-refractivity contribution in [2.24, 2.45) is 5.92 Å². The van der Waals surface area contributed by atoms with Crippen LogP contribution in [0.2, 0.25) is 0 Å². The Bertz CT molecular complexity index is 371. The number of nitrogens with zero attached hydrogens (tertiary/aromatic N) is 1. The van der Waals surface area contributed by atoms with Gasteiger partial charge in [0.1, 0.15) is 0 Å². The molecule has 0 fully saturated rings. The third-order valence-corrected chi connectivity index (χ3v) is 3.75. The topological polar surface area (TPSA) is 15.3 Å². The average molecular weight is 262 g/mol. The number of benzene rings is 1. The smallest absolute Gasteiger partial charge is 0.0244 e. The van der Waals surface area contributed by atoms with Gasteiger partial charge in [-0.3, -0.25) is 4.90 Å². The zero-order chi connectivity index (χ0) is 14.4.